The lowest BCUT2D eigenvalue weighted by molar-refractivity contribution is 0.414. The van der Waals surface area contributed by atoms with Crippen LogP contribution in [0.2, 0.25) is 0 Å². The van der Waals surface area contributed by atoms with E-state index in [-0.39, 0.29) is 16.6 Å². The molecule has 6 nitrogen and oxygen atoms in total. The molecule has 0 spiro atoms. The molecule has 1 heterocycles. The van der Waals surface area contributed by atoms with Gasteiger partial charge in [-0.3, -0.25) is 4.72 Å². The molecule has 0 aliphatic carbocycles. The molecule has 1 aromatic heterocycles. The average molecular weight is 323 g/mol. The molecule has 2 rings (SSSR count). The van der Waals surface area contributed by atoms with E-state index in [9.17, 15) is 8.42 Å². The van der Waals surface area contributed by atoms with Crippen LogP contribution in [0, 0.1) is 11.8 Å². The Balaban J connectivity index is 2.18. The summed E-state index contributed by atoms with van der Waals surface area (Å²) in [7, 11) is -2.16. The standard InChI is InChI=1S/C13H13N3O3S2/c1-19-10-4-6-12(7-5-10)21(17,18)16-13-15-9-11(20-13)3-2-8-14/h4-7,9H,8,14H2,1H3,(H,15,16). The first-order valence-corrected chi connectivity index (χ1v) is 8.17. The number of nitrogens with zero attached hydrogens (tertiary/aromatic N) is 1. The Morgan fingerprint density at radius 2 is 2.10 bits per heavy atom. The van der Waals surface area contributed by atoms with Gasteiger partial charge in [-0.15, -0.1) is 0 Å². The van der Waals surface area contributed by atoms with Crippen LogP contribution in [0.3, 0.4) is 0 Å². The predicted octanol–water partition coefficient (Wildman–Crippen LogP) is 1.26. The van der Waals surface area contributed by atoms with Crippen LogP contribution >= 0.6 is 11.3 Å². The maximum Gasteiger partial charge on any atom is 0.263 e. The van der Waals surface area contributed by atoms with Gasteiger partial charge in [0.05, 0.1) is 29.6 Å². The molecule has 3 N–H and O–H groups in total. The van der Waals surface area contributed by atoms with Crippen LogP contribution in [0.25, 0.3) is 0 Å². The highest BCUT2D eigenvalue weighted by atomic mass is 32.2. The van der Waals surface area contributed by atoms with Crippen LogP contribution in [0.5, 0.6) is 5.75 Å². The van der Waals surface area contributed by atoms with E-state index < -0.39 is 10.0 Å². The van der Waals surface area contributed by atoms with E-state index in [0.29, 0.717) is 10.6 Å². The van der Waals surface area contributed by atoms with Crippen molar-refractivity contribution in [2.45, 2.75) is 4.90 Å². The van der Waals surface area contributed by atoms with E-state index in [4.69, 9.17) is 10.5 Å². The molecule has 8 heteroatoms. The number of benzene rings is 1. The molecule has 21 heavy (non-hydrogen) atoms. The van der Waals surface area contributed by atoms with Gasteiger partial charge in [0.25, 0.3) is 10.0 Å². The zero-order valence-corrected chi connectivity index (χ0v) is 12.8. The second-order valence-electron chi connectivity index (χ2n) is 3.82. The fourth-order valence-electron chi connectivity index (χ4n) is 1.45. The topological polar surface area (TPSA) is 94.3 Å². The summed E-state index contributed by atoms with van der Waals surface area (Å²) in [6.45, 7) is 0.241. The number of nitrogens with two attached hydrogens (primary N) is 1. The first-order valence-electron chi connectivity index (χ1n) is 5.87. The highest BCUT2D eigenvalue weighted by molar-refractivity contribution is 7.93. The summed E-state index contributed by atoms with van der Waals surface area (Å²) in [5, 5.41) is 0.257. The molecule has 0 aliphatic rings. The molecule has 0 unspecified atom stereocenters. The number of sulfonamides is 1. The lowest BCUT2D eigenvalue weighted by Crippen LogP contribution is -2.12. The molecule has 0 bridgehead atoms. The van der Waals surface area contributed by atoms with E-state index in [1.54, 1.807) is 12.1 Å². The first-order chi connectivity index (χ1) is 10.0. The summed E-state index contributed by atoms with van der Waals surface area (Å²) >= 11 is 1.15. The second-order valence-corrected chi connectivity index (χ2v) is 6.53. The van der Waals surface area contributed by atoms with Crippen LogP contribution in [-0.4, -0.2) is 27.1 Å². The maximum atomic E-state index is 12.2. The maximum absolute atomic E-state index is 12.2. The van der Waals surface area contributed by atoms with Crippen LogP contribution in [0.4, 0.5) is 5.13 Å². The van der Waals surface area contributed by atoms with Crippen molar-refractivity contribution in [2.24, 2.45) is 5.73 Å². The average Bonchev–Trinajstić information content (AvgIpc) is 2.92. The van der Waals surface area contributed by atoms with Crippen molar-refractivity contribution in [3.63, 3.8) is 0 Å². The monoisotopic (exact) mass is 323 g/mol. The van der Waals surface area contributed by atoms with Gasteiger partial charge in [-0.1, -0.05) is 23.2 Å². The van der Waals surface area contributed by atoms with Crippen molar-refractivity contribution in [3.8, 4) is 17.6 Å². The molecule has 0 radical (unpaired) electrons. The fourth-order valence-corrected chi connectivity index (χ4v) is 3.38. The summed E-state index contributed by atoms with van der Waals surface area (Å²) in [5.74, 6) is 6.06. The molecule has 0 fully saturated rings. The number of ether oxygens (including phenoxy) is 1. The summed E-state index contributed by atoms with van der Waals surface area (Å²) in [4.78, 5) is 4.75. The van der Waals surface area contributed by atoms with Crippen molar-refractivity contribution in [1.29, 1.82) is 0 Å². The Hall–Kier alpha value is -2.08. The van der Waals surface area contributed by atoms with Crippen LogP contribution in [0.1, 0.15) is 4.88 Å². The normalized spacial score (nSPS) is 10.6. The number of anilines is 1. The Kier molecular flexibility index (Phi) is 4.80. The summed E-state index contributed by atoms with van der Waals surface area (Å²) in [6, 6.07) is 6.08. The van der Waals surface area contributed by atoms with Gasteiger partial charge < -0.3 is 10.5 Å². The van der Waals surface area contributed by atoms with Crippen molar-refractivity contribution in [1.82, 2.24) is 4.98 Å². The van der Waals surface area contributed by atoms with E-state index in [1.807, 2.05) is 0 Å². The molecule has 2 aromatic rings. The number of methoxy groups -OCH3 is 1. The second kappa shape index (κ2) is 6.58. The summed E-state index contributed by atoms with van der Waals surface area (Å²) in [6.07, 6.45) is 1.50. The Labute approximate surface area is 127 Å². The minimum absolute atomic E-state index is 0.132. The molecular formula is C13H13N3O3S2. The van der Waals surface area contributed by atoms with Crippen molar-refractivity contribution in [3.05, 3.63) is 35.3 Å². The van der Waals surface area contributed by atoms with E-state index in [2.05, 4.69) is 21.5 Å². The molecule has 0 amide bonds. The van der Waals surface area contributed by atoms with Gasteiger partial charge in [0.15, 0.2) is 5.13 Å². The Morgan fingerprint density at radius 1 is 1.38 bits per heavy atom. The largest absolute Gasteiger partial charge is 0.497 e. The molecule has 110 valence electrons. The lowest BCUT2D eigenvalue weighted by atomic mass is 10.3. The molecule has 0 atom stereocenters. The van der Waals surface area contributed by atoms with E-state index in [0.717, 1.165) is 11.3 Å². The lowest BCUT2D eigenvalue weighted by Gasteiger charge is -2.05. The van der Waals surface area contributed by atoms with Gasteiger partial charge in [-0.2, -0.15) is 0 Å². The molecule has 0 aliphatic heterocycles. The van der Waals surface area contributed by atoms with Gasteiger partial charge in [0.1, 0.15) is 5.75 Å². The number of aromatic nitrogens is 1. The number of hydrogen-bond acceptors (Lipinski definition) is 6. The zero-order valence-electron chi connectivity index (χ0n) is 11.2. The molecular weight excluding hydrogens is 310 g/mol. The number of nitrogens with one attached hydrogen (secondary N) is 1. The minimum Gasteiger partial charge on any atom is -0.497 e. The van der Waals surface area contributed by atoms with Crippen molar-refractivity contribution in [2.75, 3.05) is 18.4 Å². The number of rotatable bonds is 4. The number of hydrogen-bond donors (Lipinski definition) is 2. The zero-order chi connectivity index (χ0) is 15.3. The third-order valence-corrected chi connectivity index (χ3v) is 4.72. The minimum atomic E-state index is -3.68. The molecule has 1 aromatic carbocycles. The summed E-state index contributed by atoms with van der Waals surface area (Å²) in [5.41, 5.74) is 5.27. The quantitative estimate of drug-likeness (QED) is 0.826. The first kappa shape index (κ1) is 15.3. The Morgan fingerprint density at radius 3 is 2.71 bits per heavy atom. The van der Waals surface area contributed by atoms with E-state index >= 15 is 0 Å². The third-order valence-electron chi connectivity index (χ3n) is 2.41. The highest BCUT2D eigenvalue weighted by Crippen LogP contribution is 2.22. The SMILES string of the molecule is COc1ccc(S(=O)(=O)Nc2ncc(C#CCN)s2)cc1. The molecule has 0 saturated carbocycles. The van der Waals surface area contributed by atoms with Crippen LogP contribution in [0.15, 0.2) is 35.4 Å². The molecule has 0 saturated heterocycles. The van der Waals surface area contributed by atoms with Gasteiger partial charge in [0.2, 0.25) is 0 Å². The van der Waals surface area contributed by atoms with Gasteiger partial charge >= 0.3 is 0 Å². The van der Waals surface area contributed by atoms with Crippen LogP contribution in [-0.2, 0) is 10.0 Å². The summed E-state index contributed by atoms with van der Waals surface area (Å²) < 4.78 is 31.8. The fraction of sp³-hybridized carbons (Fsp3) is 0.154. The smallest absolute Gasteiger partial charge is 0.263 e. The van der Waals surface area contributed by atoms with Crippen molar-refractivity contribution < 1.29 is 13.2 Å². The highest BCUT2D eigenvalue weighted by Gasteiger charge is 2.16. The third kappa shape index (κ3) is 3.95. The van der Waals surface area contributed by atoms with Gasteiger partial charge in [0, 0.05) is 0 Å². The van der Waals surface area contributed by atoms with Crippen LogP contribution < -0.4 is 15.2 Å². The van der Waals surface area contributed by atoms with Gasteiger partial charge in [-0.05, 0) is 24.3 Å². The van der Waals surface area contributed by atoms with Gasteiger partial charge in [-0.25, -0.2) is 13.4 Å². The Bertz CT molecular complexity index is 771. The predicted molar refractivity (Wildman–Crippen MR) is 81.8 cm³/mol. The van der Waals surface area contributed by atoms with Crippen molar-refractivity contribution >= 4 is 26.5 Å². The van der Waals surface area contributed by atoms with E-state index in [1.165, 1.54) is 25.4 Å². The number of thiazole rings is 1.